The van der Waals surface area contributed by atoms with Crippen LogP contribution in [0, 0.1) is 0 Å². The maximum atomic E-state index is 12.2. The highest BCUT2D eigenvalue weighted by atomic mass is 79.9. The van der Waals surface area contributed by atoms with Crippen LogP contribution in [0.5, 0.6) is 0 Å². The second-order valence-electron chi connectivity index (χ2n) is 4.63. The van der Waals surface area contributed by atoms with Gasteiger partial charge < -0.3 is 15.2 Å². The Labute approximate surface area is 130 Å². The topological polar surface area (TPSA) is 105 Å². The molecule has 1 aliphatic heterocycles. The van der Waals surface area contributed by atoms with Gasteiger partial charge in [0.05, 0.1) is 24.0 Å². The van der Waals surface area contributed by atoms with Gasteiger partial charge in [-0.1, -0.05) is 0 Å². The molecule has 0 aromatic heterocycles. The number of hydrogen-bond donors (Lipinski definition) is 3. The van der Waals surface area contributed by atoms with Gasteiger partial charge in [0.25, 0.3) is 0 Å². The van der Waals surface area contributed by atoms with Crippen molar-refractivity contribution in [2.24, 2.45) is 0 Å². The van der Waals surface area contributed by atoms with Crippen LogP contribution in [-0.2, 0) is 26.0 Å². The van der Waals surface area contributed by atoms with Crippen LogP contribution in [0.2, 0.25) is 0 Å². The van der Waals surface area contributed by atoms with Crippen LogP contribution in [0.25, 0.3) is 0 Å². The van der Waals surface area contributed by atoms with E-state index in [1.54, 1.807) is 6.07 Å². The smallest absolute Gasteiger partial charge is 0.241 e. The number of methoxy groups -OCH3 is 1. The first kappa shape index (κ1) is 16.4. The Hall–Kier alpha value is -1.00. The fraction of sp³-hybridized carbons (Fsp3) is 0.417. The van der Waals surface area contributed by atoms with E-state index < -0.39 is 16.1 Å². The number of nitrogens with one attached hydrogen (secondary N) is 2. The molecule has 1 heterocycles. The normalized spacial score (nSPS) is 15.7. The van der Waals surface area contributed by atoms with Crippen molar-refractivity contribution in [1.29, 1.82) is 0 Å². The van der Waals surface area contributed by atoms with Crippen LogP contribution in [-0.4, -0.2) is 45.8 Å². The Bertz CT molecular complexity index is 662. The quantitative estimate of drug-likeness (QED) is 0.657. The lowest BCUT2D eigenvalue weighted by molar-refractivity contribution is -0.115. The summed E-state index contributed by atoms with van der Waals surface area (Å²) in [5, 5.41) is 12.1. The van der Waals surface area contributed by atoms with Gasteiger partial charge >= 0.3 is 0 Å². The van der Waals surface area contributed by atoms with Crippen molar-refractivity contribution < 1.29 is 23.1 Å². The van der Waals surface area contributed by atoms with E-state index in [1.807, 2.05) is 0 Å². The van der Waals surface area contributed by atoms with Crippen LogP contribution >= 0.6 is 15.9 Å². The zero-order valence-corrected chi connectivity index (χ0v) is 13.6. The molecule has 1 aliphatic rings. The number of sulfonamides is 1. The lowest BCUT2D eigenvalue weighted by Gasteiger charge is -2.13. The molecule has 1 aromatic carbocycles. The van der Waals surface area contributed by atoms with Gasteiger partial charge in [-0.2, -0.15) is 0 Å². The number of fused-ring (bicyclic) bond motifs is 1. The third kappa shape index (κ3) is 3.80. The summed E-state index contributed by atoms with van der Waals surface area (Å²) >= 11 is 3.19. The Morgan fingerprint density at radius 1 is 1.52 bits per heavy atom. The fourth-order valence-corrected chi connectivity index (χ4v) is 4.13. The second kappa shape index (κ2) is 6.41. The molecule has 0 spiro atoms. The zero-order valence-electron chi connectivity index (χ0n) is 11.2. The van der Waals surface area contributed by atoms with E-state index in [0.717, 1.165) is 0 Å². The standard InChI is InChI=1S/C12H15BrN2O5S/c1-20-6-8(16)5-14-21(18,19)11-2-7-3-12(17)15-10(7)4-9(11)13/h2,4,8,14,16H,3,5-6H2,1H3,(H,15,17). The van der Waals surface area contributed by atoms with Gasteiger partial charge in [-0.3, -0.25) is 4.79 Å². The summed E-state index contributed by atoms with van der Waals surface area (Å²) in [5.41, 5.74) is 1.23. The molecular formula is C12H15BrN2O5S. The first-order chi connectivity index (χ1) is 9.83. The highest BCUT2D eigenvalue weighted by Gasteiger charge is 2.25. The monoisotopic (exact) mass is 378 g/mol. The van der Waals surface area contributed by atoms with Crippen molar-refractivity contribution in [3.05, 3.63) is 22.2 Å². The van der Waals surface area contributed by atoms with Gasteiger partial charge in [-0.05, 0) is 33.6 Å². The molecule has 1 aromatic rings. The van der Waals surface area contributed by atoms with Crippen molar-refractivity contribution in [3.8, 4) is 0 Å². The van der Waals surface area contributed by atoms with E-state index in [2.05, 4.69) is 26.0 Å². The lowest BCUT2D eigenvalue weighted by atomic mass is 10.2. The third-order valence-corrected chi connectivity index (χ3v) is 5.32. The highest BCUT2D eigenvalue weighted by molar-refractivity contribution is 9.10. The number of amides is 1. The second-order valence-corrected chi connectivity index (χ2v) is 7.22. The largest absolute Gasteiger partial charge is 0.389 e. The summed E-state index contributed by atoms with van der Waals surface area (Å²) < 4.78 is 31.9. The summed E-state index contributed by atoms with van der Waals surface area (Å²) in [5.74, 6) is -0.171. The number of carbonyl (C=O) groups is 1. The molecule has 1 amide bonds. The Kier molecular flexibility index (Phi) is 4.99. The number of anilines is 1. The van der Waals surface area contributed by atoms with Gasteiger partial charge in [-0.25, -0.2) is 13.1 Å². The summed E-state index contributed by atoms with van der Waals surface area (Å²) in [6, 6.07) is 3.00. The Morgan fingerprint density at radius 3 is 2.90 bits per heavy atom. The molecule has 0 aliphatic carbocycles. The zero-order chi connectivity index (χ0) is 15.6. The predicted octanol–water partition coefficient (Wildman–Crippen LogP) is 0.229. The fourth-order valence-electron chi connectivity index (χ4n) is 1.97. The van der Waals surface area contributed by atoms with Gasteiger partial charge in [0.2, 0.25) is 15.9 Å². The van der Waals surface area contributed by atoms with Gasteiger partial charge in [0, 0.05) is 23.8 Å². The van der Waals surface area contributed by atoms with E-state index >= 15 is 0 Å². The van der Waals surface area contributed by atoms with Crippen molar-refractivity contribution in [2.45, 2.75) is 17.4 Å². The molecule has 2 rings (SSSR count). The molecule has 1 unspecified atom stereocenters. The molecular weight excluding hydrogens is 364 g/mol. The molecule has 7 nitrogen and oxygen atoms in total. The van der Waals surface area contributed by atoms with Crippen LogP contribution < -0.4 is 10.0 Å². The SMILES string of the molecule is COCC(O)CNS(=O)(=O)c1cc2c(cc1Br)NC(=O)C2. The van der Waals surface area contributed by atoms with Crippen LogP contribution in [0.3, 0.4) is 0 Å². The molecule has 116 valence electrons. The van der Waals surface area contributed by atoms with E-state index in [4.69, 9.17) is 4.74 Å². The van der Waals surface area contributed by atoms with Crippen molar-refractivity contribution in [2.75, 3.05) is 25.6 Å². The van der Waals surface area contributed by atoms with Gasteiger partial charge in [0.1, 0.15) is 0 Å². The number of benzene rings is 1. The Balaban J connectivity index is 2.21. The number of aliphatic hydroxyl groups is 1. The maximum Gasteiger partial charge on any atom is 0.241 e. The van der Waals surface area contributed by atoms with Crippen LogP contribution in [0.1, 0.15) is 5.56 Å². The Morgan fingerprint density at radius 2 is 2.24 bits per heavy atom. The van der Waals surface area contributed by atoms with E-state index in [1.165, 1.54) is 13.2 Å². The van der Waals surface area contributed by atoms with Crippen LogP contribution in [0.4, 0.5) is 5.69 Å². The average Bonchev–Trinajstić information content (AvgIpc) is 2.75. The molecule has 1 atom stereocenters. The number of halogens is 1. The van der Waals surface area contributed by atoms with Crippen molar-refractivity contribution in [1.82, 2.24) is 4.72 Å². The summed E-state index contributed by atoms with van der Waals surface area (Å²) in [6.45, 7) is -0.122. The first-order valence-electron chi connectivity index (χ1n) is 6.12. The number of aliphatic hydroxyl groups excluding tert-OH is 1. The van der Waals surface area contributed by atoms with Crippen molar-refractivity contribution in [3.63, 3.8) is 0 Å². The maximum absolute atomic E-state index is 12.2. The molecule has 0 radical (unpaired) electrons. The summed E-state index contributed by atoms with van der Waals surface area (Å²) in [6.07, 6.45) is -0.779. The number of rotatable bonds is 6. The van der Waals surface area contributed by atoms with Gasteiger partial charge in [-0.15, -0.1) is 0 Å². The summed E-state index contributed by atoms with van der Waals surface area (Å²) in [4.78, 5) is 11.4. The van der Waals surface area contributed by atoms with E-state index in [-0.39, 0.29) is 30.4 Å². The minimum absolute atomic E-state index is 0.0300. The minimum atomic E-state index is -3.79. The lowest BCUT2D eigenvalue weighted by Crippen LogP contribution is -2.34. The van der Waals surface area contributed by atoms with E-state index in [9.17, 15) is 18.3 Å². The average molecular weight is 379 g/mol. The molecule has 0 saturated carbocycles. The minimum Gasteiger partial charge on any atom is -0.389 e. The van der Waals surface area contributed by atoms with E-state index in [0.29, 0.717) is 15.7 Å². The van der Waals surface area contributed by atoms with Crippen molar-refractivity contribution >= 4 is 37.5 Å². The molecule has 0 bridgehead atoms. The molecule has 21 heavy (non-hydrogen) atoms. The number of ether oxygens (including phenoxy) is 1. The van der Waals surface area contributed by atoms with Crippen LogP contribution in [0.15, 0.2) is 21.5 Å². The molecule has 3 N–H and O–H groups in total. The first-order valence-corrected chi connectivity index (χ1v) is 8.40. The third-order valence-electron chi connectivity index (χ3n) is 2.94. The molecule has 0 fully saturated rings. The predicted molar refractivity (Wildman–Crippen MR) is 79.5 cm³/mol. The molecule has 0 saturated heterocycles. The van der Waals surface area contributed by atoms with Gasteiger partial charge in [0.15, 0.2) is 0 Å². The number of hydrogen-bond acceptors (Lipinski definition) is 5. The highest BCUT2D eigenvalue weighted by Crippen LogP contribution is 2.32. The summed E-state index contributed by atoms with van der Waals surface area (Å²) in [7, 11) is -2.38. The number of carbonyl (C=O) groups excluding carboxylic acids is 1. The molecule has 9 heteroatoms.